The molecule has 0 aliphatic carbocycles. The number of halogens is 5. The number of alkyl halides is 3. The zero-order chi connectivity index (χ0) is 31.0. The molecule has 0 heterocycles. The van der Waals surface area contributed by atoms with Crippen LogP contribution in [0.25, 0.3) is 6.08 Å². The van der Waals surface area contributed by atoms with Crippen LogP contribution in [0, 0.1) is 0 Å². The van der Waals surface area contributed by atoms with Gasteiger partial charge in [0.15, 0.2) is 0 Å². The minimum absolute atomic E-state index is 0.0765. The lowest BCUT2D eigenvalue weighted by atomic mass is 10.1. The molecular formula is C31H22Cl2F3N3O3S. The third-order valence-corrected chi connectivity index (χ3v) is 7.35. The van der Waals surface area contributed by atoms with Gasteiger partial charge in [-0.1, -0.05) is 59.6 Å². The fourth-order valence-corrected chi connectivity index (χ4v) is 4.89. The Kier molecular flexibility index (Phi) is 10.5. The van der Waals surface area contributed by atoms with Crippen LogP contribution in [0.1, 0.15) is 21.5 Å². The second kappa shape index (κ2) is 14.3. The van der Waals surface area contributed by atoms with Gasteiger partial charge in [-0.2, -0.15) is 13.2 Å². The van der Waals surface area contributed by atoms with Crippen molar-refractivity contribution in [2.24, 2.45) is 0 Å². The van der Waals surface area contributed by atoms with Crippen molar-refractivity contribution in [3.05, 3.63) is 129 Å². The molecule has 0 spiro atoms. The van der Waals surface area contributed by atoms with Gasteiger partial charge in [-0.05, 0) is 72.3 Å². The van der Waals surface area contributed by atoms with Gasteiger partial charge in [0, 0.05) is 26.2 Å². The number of anilines is 2. The lowest BCUT2D eigenvalue weighted by Gasteiger charge is -2.13. The van der Waals surface area contributed by atoms with Crippen LogP contribution >= 0.6 is 35.0 Å². The average Bonchev–Trinajstić information content (AvgIpc) is 2.98. The molecule has 220 valence electrons. The number of carbonyl (C=O) groups excluding carboxylic acids is 3. The number of para-hydroxylation sites is 1. The molecule has 6 nitrogen and oxygen atoms in total. The van der Waals surface area contributed by atoms with Crippen molar-refractivity contribution in [3.63, 3.8) is 0 Å². The number of nitrogens with one attached hydrogen (secondary N) is 3. The number of thioether (sulfide) groups is 1. The highest BCUT2D eigenvalue weighted by Crippen LogP contribution is 2.34. The Balaban J connectivity index is 1.42. The van der Waals surface area contributed by atoms with Gasteiger partial charge in [-0.25, -0.2) is 0 Å². The monoisotopic (exact) mass is 643 g/mol. The van der Waals surface area contributed by atoms with Crippen LogP contribution in [-0.2, 0) is 15.8 Å². The van der Waals surface area contributed by atoms with E-state index >= 15 is 0 Å². The first kappa shape index (κ1) is 31.7. The number of hydrogen-bond donors (Lipinski definition) is 3. The molecule has 0 aliphatic rings. The third-order valence-electron chi connectivity index (χ3n) is 5.78. The van der Waals surface area contributed by atoms with Crippen LogP contribution in [-0.4, -0.2) is 23.5 Å². The summed E-state index contributed by atoms with van der Waals surface area (Å²) in [7, 11) is 0. The van der Waals surface area contributed by atoms with E-state index in [9.17, 15) is 27.6 Å². The smallest absolute Gasteiger partial charge is 0.325 e. The largest absolute Gasteiger partial charge is 0.418 e. The molecule has 43 heavy (non-hydrogen) atoms. The number of amides is 3. The molecule has 0 radical (unpaired) electrons. The Morgan fingerprint density at radius 1 is 0.814 bits per heavy atom. The van der Waals surface area contributed by atoms with E-state index in [2.05, 4.69) is 16.0 Å². The van der Waals surface area contributed by atoms with E-state index in [1.165, 1.54) is 30.3 Å². The Labute approximate surface area is 259 Å². The fraction of sp³-hybridized carbons (Fsp3) is 0.0645. The van der Waals surface area contributed by atoms with E-state index in [0.717, 1.165) is 17.8 Å². The van der Waals surface area contributed by atoms with Crippen molar-refractivity contribution in [2.45, 2.75) is 11.1 Å². The van der Waals surface area contributed by atoms with E-state index < -0.39 is 29.5 Å². The van der Waals surface area contributed by atoms with E-state index in [-0.39, 0.29) is 22.2 Å². The van der Waals surface area contributed by atoms with Crippen molar-refractivity contribution in [1.82, 2.24) is 5.32 Å². The van der Waals surface area contributed by atoms with Gasteiger partial charge in [0.1, 0.15) is 5.70 Å². The van der Waals surface area contributed by atoms with Crippen LogP contribution in [0.2, 0.25) is 10.0 Å². The normalized spacial score (nSPS) is 11.5. The molecule has 0 unspecified atom stereocenters. The van der Waals surface area contributed by atoms with Crippen LogP contribution in [0.3, 0.4) is 0 Å². The van der Waals surface area contributed by atoms with Crippen LogP contribution in [0.5, 0.6) is 0 Å². The summed E-state index contributed by atoms with van der Waals surface area (Å²) >= 11 is 13.4. The second-order valence-electron chi connectivity index (χ2n) is 8.90. The highest BCUT2D eigenvalue weighted by Gasteiger charge is 2.33. The maximum atomic E-state index is 13.2. The highest BCUT2D eigenvalue weighted by atomic mass is 35.5. The fourth-order valence-electron chi connectivity index (χ4n) is 3.72. The molecule has 3 amide bonds. The summed E-state index contributed by atoms with van der Waals surface area (Å²) in [6.45, 7) is 0. The molecule has 0 atom stereocenters. The lowest BCUT2D eigenvalue weighted by molar-refractivity contribution is -0.137. The van der Waals surface area contributed by atoms with Crippen LogP contribution in [0.15, 0.2) is 108 Å². The summed E-state index contributed by atoms with van der Waals surface area (Å²) in [5.41, 5.74) is -0.141. The summed E-state index contributed by atoms with van der Waals surface area (Å²) in [5.74, 6) is -1.88. The molecule has 4 aromatic rings. The lowest BCUT2D eigenvalue weighted by Crippen LogP contribution is -2.30. The van der Waals surface area contributed by atoms with Gasteiger partial charge >= 0.3 is 6.18 Å². The van der Waals surface area contributed by atoms with Gasteiger partial charge in [0.25, 0.3) is 11.8 Å². The molecule has 0 fully saturated rings. The van der Waals surface area contributed by atoms with E-state index in [4.69, 9.17) is 23.2 Å². The summed E-state index contributed by atoms with van der Waals surface area (Å²) in [6.07, 6.45) is -3.17. The molecular weight excluding hydrogens is 622 g/mol. The van der Waals surface area contributed by atoms with Gasteiger partial charge in [0.2, 0.25) is 5.91 Å². The number of rotatable bonds is 9. The molecule has 0 aromatic heterocycles. The quantitative estimate of drug-likeness (QED) is 0.127. The first-order valence-corrected chi connectivity index (χ1v) is 14.3. The van der Waals surface area contributed by atoms with Crippen molar-refractivity contribution in [3.8, 4) is 0 Å². The Bertz CT molecular complexity index is 1660. The topological polar surface area (TPSA) is 87.3 Å². The summed E-state index contributed by atoms with van der Waals surface area (Å²) in [5, 5.41) is 8.31. The predicted octanol–water partition coefficient (Wildman–Crippen LogP) is 8.15. The Hall–Kier alpha value is -4.25. The molecule has 0 saturated carbocycles. The highest BCUT2D eigenvalue weighted by molar-refractivity contribution is 8.00. The van der Waals surface area contributed by atoms with Crippen molar-refractivity contribution < 1.29 is 27.6 Å². The van der Waals surface area contributed by atoms with E-state index in [0.29, 0.717) is 26.7 Å². The summed E-state index contributed by atoms with van der Waals surface area (Å²) in [6, 6.07) is 24.3. The first-order chi connectivity index (χ1) is 20.5. The van der Waals surface area contributed by atoms with Crippen molar-refractivity contribution in [1.29, 1.82) is 0 Å². The van der Waals surface area contributed by atoms with Crippen molar-refractivity contribution >= 4 is 70.1 Å². The van der Waals surface area contributed by atoms with E-state index in [1.807, 2.05) is 0 Å². The summed E-state index contributed by atoms with van der Waals surface area (Å²) in [4.78, 5) is 39.0. The molecule has 3 N–H and O–H groups in total. The van der Waals surface area contributed by atoms with E-state index in [1.54, 1.807) is 66.7 Å². The number of carbonyl (C=O) groups is 3. The zero-order valence-electron chi connectivity index (χ0n) is 22.0. The molecule has 12 heteroatoms. The molecule has 0 aliphatic heterocycles. The zero-order valence-corrected chi connectivity index (χ0v) is 24.4. The van der Waals surface area contributed by atoms with Gasteiger partial charge in [-0.3, -0.25) is 14.4 Å². The molecule has 4 aromatic carbocycles. The van der Waals surface area contributed by atoms with Crippen LogP contribution in [0.4, 0.5) is 24.5 Å². The van der Waals surface area contributed by atoms with Crippen molar-refractivity contribution in [2.75, 3.05) is 16.4 Å². The first-order valence-electron chi connectivity index (χ1n) is 12.5. The molecule has 0 saturated heterocycles. The Morgan fingerprint density at radius 2 is 1.49 bits per heavy atom. The molecule has 4 rings (SSSR count). The average molecular weight is 645 g/mol. The standard InChI is InChI=1S/C31H22Cl2F3N3O3S/c32-21-11-10-20(25(33)17-21)16-27(39-29(41)19-6-2-1-3-7-19)30(42)37-22-12-14-23(15-13-22)43-18-28(40)38-26-9-5-4-8-24(26)31(34,35)36/h1-17H,18H2,(H,37,42)(H,38,40)(H,39,41)/b27-16-. The van der Waals surface area contributed by atoms with Gasteiger partial charge in [0.05, 0.1) is 17.0 Å². The van der Waals surface area contributed by atoms with Crippen LogP contribution < -0.4 is 16.0 Å². The third kappa shape index (κ3) is 9.12. The molecule has 0 bridgehead atoms. The minimum atomic E-state index is -4.60. The Morgan fingerprint density at radius 3 is 2.16 bits per heavy atom. The minimum Gasteiger partial charge on any atom is -0.325 e. The number of hydrogen-bond acceptors (Lipinski definition) is 4. The SMILES string of the molecule is O=C(CSc1ccc(NC(=O)/C(=C/c2ccc(Cl)cc2Cl)NC(=O)c2ccccc2)cc1)Nc1ccccc1C(F)(F)F. The van der Waals surface area contributed by atoms with Gasteiger partial charge in [-0.15, -0.1) is 11.8 Å². The second-order valence-corrected chi connectivity index (χ2v) is 10.8. The maximum Gasteiger partial charge on any atom is 0.418 e. The van der Waals surface area contributed by atoms with Gasteiger partial charge < -0.3 is 16.0 Å². The predicted molar refractivity (Wildman–Crippen MR) is 164 cm³/mol. The maximum absolute atomic E-state index is 13.2. The number of benzene rings is 4. The summed E-state index contributed by atoms with van der Waals surface area (Å²) < 4.78 is 39.6.